The lowest BCUT2D eigenvalue weighted by molar-refractivity contribution is -0.143. The van der Waals surface area contributed by atoms with Gasteiger partial charge in [0.05, 0.1) is 22.8 Å². The van der Waals surface area contributed by atoms with Crippen molar-refractivity contribution in [3.05, 3.63) is 114 Å². The second kappa shape index (κ2) is 9.70. The van der Waals surface area contributed by atoms with E-state index in [1.54, 1.807) is 18.5 Å². The lowest BCUT2D eigenvalue weighted by atomic mass is 9.96. The Kier molecular flexibility index (Phi) is 6.67. The maximum atomic E-state index is 13.2. The summed E-state index contributed by atoms with van der Waals surface area (Å²) in [5, 5.41) is 9.64. The fourth-order valence-corrected chi connectivity index (χ4v) is 3.63. The molecule has 0 spiro atoms. The first-order valence-electron chi connectivity index (χ1n) is 10.6. The van der Waals surface area contributed by atoms with Gasteiger partial charge in [-0.2, -0.15) is 31.6 Å². The summed E-state index contributed by atoms with van der Waals surface area (Å²) < 4.78 is 79.1. The van der Waals surface area contributed by atoms with Crippen LogP contribution in [-0.4, -0.2) is 4.98 Å². The minimum absolute atomic E-state index is 0.0916. The molecular formula is C28H16F6N2. The van der Waals surface area contributed by atoms with E-state index in [1.165, 1.54) is 24.3 Å². The molecule has 0 atom stereocenters. The second-order valence-corrected chi connectivity index (χ2v) is 7.90. The number of aromatic nitrogens is 1. The van der Waals surface area contributed by atoms with Crippen molar-refractivity contribution >= 4 is 11.6 Å². The Hall–Kier alpha value is -4.38. The molecule has 0 N–H and O–H groups in total. The zero-order chi connectivity index (χ0) is 25.9. The number of nitrogens with zero attached hydrogens (tertiary/aromatic N) is 2. The number of benzene rings is 3. The van der Waals surface area contributed by atoms with Crippen molar-refractivity contribution in [3.8, 4) is 28.3 Å². The van der Waals surface area contributed by atoms with E-state index < -0.39 is 23.5 Å². The van der Waals surface area contributed by atoms with Crippen LogP contribution in [0, 0.1) is 11.3 Å². The highest BCUT2D eigenvalue weighted by Crippen LogP contribution is 2.38. The number of alkyl halides is 6. The predicted octanol–water partition coefficient (Wildman–Crippen LogP) is 8.52. The van der Waals surface area contributed by atoms with E-state index in [-0.39, 0.29) is 17.2 Å². The van der Waals surface area contributed by atoms with Crippen LogP contribution in [-0.2, 0) is 12.4 Å². The van der Waals surface area contributed by atoms with Crippen LogP contribution in [0.4, 0.5) is 26.3 Å². The minimum atomic E-state index is -4.93. The number of nitriles is 1. The molecule has 0 aliphatic rings. The quantitative estimate of drug-likeness (QED) is 0.162. The molecule has 1 heterocycles. The molecule has 0 radical (unpaired) electrons. The lowest BCUT2D eigenvalue weighted by Crippen LogP contribution is -2.11. The molecule has 0 saturated heterocycles. The normalized spacial score (nSPS) is 12.3. The van der Waals surface area contributed by atoms with Gasteiger partial charge in [-0.05, 0) is 69.8 Å². The fourth-order valence-electron chi connectivity index (χ4n) is 3.63. The highest BCUT2D eigenvalue weighted by Gasteiger charge is 2.37. The zero-order valence-corrected chi connectivity index (χ0v) is 18.4. The molecule has 3 aromatic carbocycles. The van der Waals surface area contributed by atoms with Gasteiger partial charge in [0, 0.05) is 12.4 Å². The highest BCUT2D eigenvalue weighted by molar-refractivity contribution is 5.90. The van der Waals surface area contributed by atoms with E-state index in [0.29, 0.717) is 23.3 Å². The van der Waals surface area contributed by atoms with Crippen molar-refractivity contribution in [2.45, 2.75) is 12.4 Å². The first kappa shape index (κ1) is 24.7. The number of allylic oxidation sites excluding steroid dienone is 1. The van der Waals surface area contributed by atoms with E-state index >= 15 is 0 Å². The van der Waals surface area contributed by atoms with Crippen LogP contribution < -0.4 is 0 Å². The Morgan fingerprint density at radius 1 is 0.639 bits per heavy atom. The third-order valence-electron chi connectivity index (χ3n) is 5.47. The lowest BCUT2D eigenvalue weighted by Gasteiger charge is -2.14. The molecular weight excluding hydrogens is 478 g/mol. The van der Waals surface area contributed by atoms with Crippen molar-refractivity contribution in [2.75, 3.05) is 0 Å². The molecule has 0 fully saturated rings. The third kappa shape index (κ3) is 5.63. The smallest absolute Gasteiger partial charge is 0.265 e. The van der Waals surface area contributed by atoms with Crippen molar-refractivity contribution in [2.24, 2.45) is 0 Å². The van der Waals surface area contributed by atoms with Gasteiger partial charge in [-0.15, -0.1) is 0 Å². The van der Waals surface area contributed by atoms with Crippen LogP contribution >= 0.6 is 0 Å². The van der Waals surface area contributed by atoms with Gasteiger partial charge in [0.1, 0.15) is 0 Å². The molecule has 36 heavy (non-hydrogen) atoms. The van der Waals surface area contributed by atoms with Gasteiger partial charge in [-0.25, -0.2) is 0 Å². The Bertz CT molecular complexity index is 1400. The molecule has 0 saturated carbocycles. The van der Waals surface area contributed by atoms with Crippen LogP contribution in [0.1, 0.15) is 22.3 Å². The summed E-state index contributed by atoms with van der Waals surface area (Å²) in [5.74, 6) is 0. The summed E-state index contributed by atoms with van der Waals surface area (Å²) in [6.45, 7) is 0. The van der Waals surface area contributed by atoms with Gasteiger partial charge in [0.2, 0.25) is 0 Å². The van der Waals surface area contributed by atoms with Crippen LogP contribution in [0.25, 0.3) is 33.9 Å². The van der Waals surface area contributed by atoms with Gasteiger partial charge in [0.25, 0.3) is 0 Å². The van der Waals surface area contributed by atoms with Crippen LogP contribution in [0.2, 0.25) is 0 Å². The van der Waals surface area contributed by atoms with Crippen LogP contribution in [0.3, 0.4) is 0 Å². The van der Waals surface area contributed by atoms with E-state index in [2.05, 4.69) is 11.1 Å². The fraction of sp³-hybridized carbons (Fsp3) is 0.0714. The largest absolute Gasteiger partial charge is 0.416 e. The average Bonchev–Trinajstić information content (AvgIpc) is 2.87. The Balaban J connectivity index is 1.64. The van der Waals surface area contributed by atoms with E-state index in [4.69, 9.17) is 0 Å². The first-order chi connectivity index (χ1) is 17.0. The summed E-state index contributed by atoms with van der Waals surface area (Å²) in [7, 11) is 0. The number of halogens is 6. The summed E-state index contributed by atoms with van der Waals surface area (Å²) in [5.41, 5.74) is 0.638. The van der Waals surface area contributed by atoms with Gasteiger partial charge >= 0.3 is 12.4 Å². The number of hydrogen-bond acceptors (Lipinski definition) is 2. The zero-order valence-electron chi connectivity index (χ0n) is 18.4. The summed E-state index contributed by atoms with van der Waals surface area (Å²) in [6, 6.07) is 20.5. The molecule has 0 bridgehead atoms. The Labute approximate surface area is 202 Å². The Morgan fingerprint density at radius 2 is 1.11 bits per heavy atom. The maximum Gasteiger partial charge on any atom is 0.416 e. The molecule has 0 unspecified atom stereocenters. The molecule has 0 amide bonds. The van der Waals surface area contributed by atoms with Crippen LogP contribution in [0.15, 0.2) is 91.3 Å². The predicted molar refractivity (Wildman–Crippen MR) is 125 cm³/mol. The molecule has 180 valence electrons. The third-order valence-corrected chi connectivity index (χ3v) is 5.47. The SMILES string of the molecule is N#C/C(=C\c1ccc(-c2ccncc2)cc1)c1ccc(-c2cc(C(F)(F)F)cc(C(F)(F)F)c2)cc1. The molecule has 8 heteroatoms. The molecule has 4 rings (SSSR count). The van der Waals surface area contributed by atoms with Crippen molar-refractivity contribution in [3.63, 3.8) is 0 Å². The number of rotatable bonds is 4. The molecule has 4 aromatic rings. The topological polar surface area (TPSA) is 36.7 Å². The van der Waals surface area contributed by atoms with E-state index in [0.717, 1.165) is 16.7 Å². The molecule has 0 aliphatic carbocycles. The summed E-state index contributed by atoms with van der Waals surface area (Å²) in [6.07, 6.45) is -4.84. The highest BCUT2D eigenvalue weighted by atomic mass is 19.4. The summed E-state index contributed by atoms with van der Waals surface area (Å²) >= 11 is 0. The van der Waals surface area contributed by atoms with E-state index in [9.17, 15) is 31.6 Å². The van der Waals surface area contributed by atoms with Crippen LogP contribution in [0.5, 0.6) is 0 Å². The monoisotopic (exact) mass is 494 g/mol. The average molecular weight is 494 g/mol. The Morgan fingerprint density at radius 3 is 1.61 bits per heavy atom. The molecule has 2 nitrogen and oxygen atoms in total. The van der Waals surface area contributed by atoms with Gasteiger partial charge in [0.15, 0.2) is 0 Å². The van der Waals surface area contributed by atoms with Gasteiger partial charge in [-0.3, -0.25) is 4.98 Å². The molecule has 1 aromatic heterocycles. The minimum Gasteiger partial charge on any atom is -0.265 e. The van der Waals surface area contributed by atoms with Crippen molar-refractivity contribution < 1.29 is 26.3 Å². The van der Waals surface area contributed by atoms with Crippen molar-refractivity contribution in [1.82, 2.24) is 4.98 Å². The number of hydrogen-bond donors (Lipinski definition) is 0. The first-order valence-corrected chi connectivity index (χ1v) is 10.6. The number of pyridine rings is 1. The second-order valence-electron chi connectivity index (χ2n) is 7.90. The standard InChI is InChI=1S/C28H16F6N2/c29-27(30,31)25-14-23(15-26(16-25)28(32,33)34)20-5-7-21(8-6-20)24(17-35)13-18-1-3-19(4-2-18)22-9-11-36-12-10-22/h1-16H/b24-13+. The van der Waals surface area contributed by atoms with Crippen molar-refractivity contribution in [1.29, 1.82) is 5.26 Å². The van der Waals surface area contributed by atoms with Gasteiger partial charge in [-0.1, -0.05) is 48.5 Å². The molecule has 0 aliphatic heterocycles. The van der Waals surface area contributed by atoms with E-state index in [1.807, 2.05) is 36.4 Å². The van der Waals surface area contributed by atoms with Gasteiger partial charge < -0.3 is 0 Å². The maximum absolute atomic E-state index is 13.2. The summed E-state index contributed by atoms with van der Waals surface area (Å²) in [4.78, 5) is 3.98.